The maximum Gasteiger partial charge on any atom is 0.368 e. The van der Waals surface area contributed by atoms with Crippen LogP contribution >= 0.6 is 0 Å². The van der Waals surface area contributed by atoms with Crippen LogP contribution in [0.25, 0.3) is 0 Å². The molecular weight excluding hydrogens is 326 g/mol. The topological polar surface area (TPSA) is 54.3 Å². The van der Waals surface area contributed by atoms with Gasteiger partial charge in [-0.25, -0.2) is 9.79 Å². The first-order chi connectivity index (χ1) is 12.5. The quantitative estimate of drug-likeness (QED) is 0.473. The van der Waals surface area contributed by atoms with E-state index < -0.39 is 11.5 Å². The molecule has 1 unspecified atom stereocenters. The third-order valence-corrected chi connectivity index (χ3v) is 4.61. The summed E-state index contributed by atoms with van der Waals surface area (Å²) in [7, 11) is 3.81. The highest BCUT2D eigenvalue weighted by atomic mass is 16.7. The largest absolute Gasteiger partial charge is 0.368 e. The first kappa shape index (κ1) is 17.9. The number of rotatable bonds is 5. The molecule has 134 valence electrons. The molecular formula is C21H23N3O2. The van der Waals surface area contributed by atoms with Gasteiger partial charge in [-0.1, -0.05) is 65.8 Å². The lowest BCUT2D eigenvalue weighted by molar-refractivity contribution is -0.144. The number of carbonyl (C=O) groups excluding carboxylic acids is 1. The predicted octanol–water partition coefficient (Wildman–Crippen LogP) is 3.30. The summed E-state index contributed by atoms with van der Waals surface area (Å²) >= 11 is 0. The third kappa shape index (κ3) is 3.52. The molecule has 2 aromatic rings. The van der Waals surface area contributed by atoms with Crippen molar-refractivity contribution in [3.8, 4) is 0 Å². The number of oxime groups is 1. The molecule has 5 nitrogen and oxygen atoms in total. The molecule has 0 N–H and O–H groups in total. The van der Waals surface area contributed by atoms with Gasteiger partial charge in [-0.3, -0.25) is 0 Å². The van der Waals surface area contributed by atoms with Crippen LogP contribution in [0.15, 0.2) is 70.8 Å². The fraction of sp³-hybridized carbons (Fsp3) is 0.286. The molecule has 0 amide bonds. The van der Waals surface area contributed by atoms with E-state index in [9.17, 15) is 4.79 Å². The van der Waals surface area contributed by atoms with Gasteiger partial charge in [0.05, 0.1) is 5.84 Å². The number of amidine groups is 1. The van der Waals surface area contributed by atoms with E-state index in [0.29, 0.717) is 18.6 Å². The molecule has 0 saturated carbocycles. The van der Waals surface area contributed by atoms with Gasteiger partial charge in [0.15, 0.2) is 0 Å². The van der Waals surface area contributed by atoms with Crippen molar-refractivity contribution in [2.24, 2.45) is 10.1 Å². The molecule has 1 aliphatic rings. The van der Waals surface area contributed by atoms with Crippen LogP contribution in [0, 0.1) is 0 Å². The van der Waals surface area contributed by atoms with Crippen molar-refractivity contribution in [1.82, 2.24) is 4.90 Å². The van der Waals surface area contributed by atoms with E-state index in [1.165, 1.54) is 0 Å². The van der Waals surface area contributed by atoms with E-state index in [1.807, 2.05) is 74.4 Å². The molecule has 1 atom stereocenters. The van der Waals surface area contributed by atoms with Crippen molar-refractivity contribution in [1.29, 1.82) is 0 Å². The number of hydrogen-bond donors (Lipinski definition) is 0. The van der Waals surface area contributed by atoms with Gasteiger partial charge >= 0.3 is 5.97 Å². The molecule has 0 aliphatic carbocycles. The molecule has 0 radical (unpaired) electrons. The van der Waals surface area contributed by atoms with Gasteiger partial charge in [0, 0.05) is 19.7 Å². The maximum absolute atomic E-state index is 12.8. The summed E-state index contributed by atoms with van der Waals surface area (Å²) in [5.74, 6) is 0.328. The summed E-state index contributed by atoms with van der Waals surface area (Å²) in [6.45, 7) is 1.89. The average molecular weight is 349 g/mol. The molecule has 5 heteroatoms. The molecule has 0 saturated heterocycles. The van der Waals surface area contributed by atoms with Crippen LogP contribution in [0.5, 0.6) is 0 Å². The smallest absolute Gasteiger partial charge is 0.367 e. The van der Waals surface area contributed by atoms with Gasteiger partial charge in [0.2, 0.25) is 5.54 Å². The van der Waals surface area contributed by atoms with E-state index in [-0.39, 0.29) is 0 Å². The molecule has 1 heterocycles. The van der Waals surface area contributed by atoms with Crippen LogP contribution in [-0.2, 0) is 16.1 Å². The van der Waals surface area contributed by atoms with Crippen molar-refractivity contribution in [3.63, 3.8) is 0 Å². The summed E-state index contributed by atoms with van der Waals surface area (Å²) in [5, 5.41) is 4.11. The number of hydrogen-bond acceptors (Lipinski definition) is 4. The monoisotopic (exact) mass is 349 g/mol. The van der Waals surface area contributed by atoms with E-state index in [2.05, 4.69) is 17.3 Å². The number of nitrogens with zero attached hydrogens (tertiary/aromatic N) is 3. The first-order valence-electron chi connectivity index (χ1n) is 8.66. The molecule has 0 spiro atoms. The maximum atomic E-state index is 12.8. The SMILES string of the molecule is CC(=NC1(CCc2ccccc2)C(=O)ON=C1c1ccccc1)N(C)C. The second-order valence-electron chi connectivity index (χ2n) is 6.58. The minimum atomic E-state index is -1.13. The van der Waals surface area contributed by atoms with E-state index in [1.54, 1.807) is 0 Å². The van der Waals surface area contributed by atoms with Crippen LogP contribution < -0.4 is 0 Å². The second kappa shape index (κ2) is 7.52. The Balaban J connectivity index is 2.02. The van der Waals surface area contributed by atoms with E-state index in [4.69, 9.17) is 9.83 Å². The minimum absolute atomic E-state index is 0.423. The lowest BCUT2D eigenvalue weighted by Crippen LogP contribution is -2.44. The zero-order chi connectivity index (χ0) is 18.6. The van der Waals surface area contributed by atoms with Gasteiger partial charge in [-0.15, -0.1) is 0 Å². The normalized spacial score (nSPS) is 19.9. The molecule has 0 bridgehead atoms. The van der Waals surface area contributed by atoms with Gasteiger partial charge in [-0.2, -0.15) is 0 Å². The highest BCUT2D eigenvalue weighted by Crippen LogP contribution is 2.32. The van der Waals surface area contributed by atoms with Crippen LogP contribution in [0.2, 0.25) is 0 Å². The summed E-state index contributed by atoms with van der Waals surface area (Å²) in [4.78, 5) is 24.6. The zero-order valence-corrected chi connectivity index (χ0v) is 15.3. The Bertz CT molecular complexity index is 829. The Hall–Kier alpha value is -2.95. The Labute approximate surface area is 154 Å². The highest BCUT2D eigenvalue weighted by molar-refractivity contribution is 6.22. The number of aliphatic imine (C=N–C) groups is 1. The lowest BCUT2D eigenvalue weighted by Gasteiger charge is -2.25. The Morgan fingerprint density at radius 3 is 2.31 bits per heavy atom. The Morgan fingerprint density at radius 1 is 1.08 bits per heavy atom. The first-order valence-corrected chi connectivity index (χ1v) is 8.66. The molecule has 26 heavy (non-hydrogen) atoms. The number of benzene rings is 2. The van der Waals surface area contributed by atoms with Gasteiger partial charge in [0.25, 0.3) is 0 Å². The van der Waals surface area contributed by atoms with Crippen molar-refractivity contribution < 1.29 is 9.63 Å². The van der Waals surface area contributed by atoms with Crippen molar-refractivity contribution in [3.05, 3.63) is 71.8 Å². The zero-order valence-electron chi connectivity index (χ0n) is 15.3. The third-order valence-electron chi connectivity index (χ3n) is 4.61. The number of aryl methyl sites for hydroxylation is 1. The van der Waals surface area contributed by atoms with E-state index >= 15 is 0 Å². The van der Waals surface area contributed by atoms with Gasteiger partial charge in [0.1, 0.15) is 5.71 Å². The Morgan fingerprint density at radius 2 is 1.69 bits per heavy atom. The van der Waals surface area contributed by atoms with Crippen LogP contribution in [0.4, 0.5) is 0 Å². The van der Waals surface area contributed by atoms with Gasteiger partial charge in [-0.05, 0) is 25.3 Å². The minimum Gasteiger partial charge on any atom is -0.367 e. The van der Waals surface area contributed by atoms with Crippen molar-refractivity contribution in [2.75, 3.05) is 14.1 Å². The number of carbonyl (C=O) groups is 1. The van der Waals surface area contributed by atoms with Gasteiger partial charge < -0.3 is 9.74 Å². The molecule has 3 rings (SSSR count). The lowest BCUT2D eigenvalue weighted by atomic mass is 9.84. The Kier molecular flexibility index (Phi) is 5.16. The van der Waals surface area contributed by atoms with E-state index in [0.717, 1.165) is 17.0 Å². The summed E-state index contributed by atoms with van der Waals surface area (Å²) < 4.78 is 0. The standard InChI is InChI=1S/C21H23N3O2/c1-16(24(2)3)22-21(15-14-17-10-6-4-7-11-17)19(23-26-20(21)25)18-12-8-5-9-13-18/h4-13H,14-15H2,1-3H3. The van der Waals surface area contributed by atoms with Crippen LogP contribution in [0.1, 0.15) is 24.5 Å². The second-order valence-corrected chi connectivity index (χ2v) is 6.58. The van der Waals surface area contributed by atoms with Crippen LogP contribution in [0.3, 0.4) is 0 Å². The predicted molar refractivity (Wildman–Crippen MR) is 103 cm³/mol. The molecule has 0 fully saturated rings. The average Bonchev–Trinajstić information content (AvgIpc) is 2.98. The molecule has 0 aromatic heterocycles. The summed E-state index contributed by atoms with van der Waals surface area (Å²) in [6, 6.07) is 19.7. The summed E-state index contributed by atoms with van der Waals surface area (Å²) in [6.07, 6.45) is 1.20. The fourth-order valence-electron chi connectivity index (χ4n) is 2.94. The summed E-state index contributed by atoms with van der Waals surface area (Å²) in [5.41, 5.74) is 1.43. The van der Waals surface area contributed by atoms with Crippen LogP contribution in [-0.4, -0.2) is 42.1 Å². The molecule has 2 aromatic carbocycles. The van der Waals surface area contributed by atoms with Crippen molar-refractivity contribution in [2.45, 2.75) is 25.3 Å². The fourth-order valence-corrected chi connectivity index (χ4v) is 2.94. The highest BCUT2D eigenvalue weighted by Gasteiger charge is 2.50. The van der Waals surface area contributed by atoms with Crippen molar-refractivity contribution >= 4 is 17.5 Å². The molecule has 1 aliphatic heterocycles.